The van der Waals surface area contributed by atoms with Crippen LogP contribution in [0.1, 0.15) is 6.42 Å². The van der Waals surface area contributed by atoms with Crippen molar-refractivity contribution >= 4 is 17.7 Å². The lowest BCUT2D eigenvalue weighted by molar-refractivity contribution is -0.137. The van der Waals surface area contributed by atoms with E-state index in [0.717, 1.165) is 0 Å². The molecule has 1 fully saturated rings. The maximum absolute atomic E-state index is 13.6. The first-order valence-electron chi connectivity index (χ1n) is 5.74. The van der Waals surface area contributed by atoms with Crippen molar-refractivity contribution < 1.29 is 13.9 Å². The van der Waals surface area contributed by atoms with Gasteiger partial charge in [0.05, 0.1) is 12.2 Å². The summed E-state index contributed by atoms with van der Waals surface area (Å²) < 4.78 is 18.4. The fraction of sp³-hybridized carbons (Fsp3) is 0.250. The number of benzene rings is 1. The summed E-state index contributed by atoms with van der Waals surface area (Å²) in [5.41, 5.74) is 0.357. The van der Waals surface area contributed by atoms with Gasteiger partial charge in [-0.15, -0.1) is 5.10 Å². The summed E-state index contributed by atoms with van der Waals surface area (Å²) in [7, 11) is 0. The third-order valence-corrected chi connectivity index (χ3v) is 3.83. The number of nitrogens with zero attached hydrogens (tertiary/aromatic N) is 2. The molecule has 0 bridgehead atoms. The van der Waals surface area contributed by atoms with Gasteiger partial charge in [0.25, 0.3) is 0 Å². The van der Waals surface area contributed by atoms with Crippen molar-refractivity contribution in [1.82, 2.24) is 15.2 Å². The van der Waals surface area contributed by atoms with E-state index in [1.54, 1.807) is 18.2 Å². The molecule has 1 aliphatic heterocycles. The number of esters is 1. The number of aromatic nitrogens is 3. The second kappa shape index (κ2) is 5.00. The summed E-state index contributed by atoms with van der Waals surface area (Å²) >= 11 is 1.23. The van der Waals surface area contributed by atoms with Crippen molar-refractivity contribution in [2.24, 2.45) is 0 Å². The van der Waals surface area contributed by atoms with Crippen LogP contribution in [0.4, 0.5) is 4.39 Å². The lowest BCUT2D eigenvalue weighted by atomic mass is 10.2. The molecule has 0 radical (unpaired) electrons. The molecule has 1 saturated heterocycles. The first kappa shape index (κ1) is 12.2. The molecule has 98 valence electrons. The zero-order chi connectivity index (χ0) is 13.2. The van der Waals surface area contributed by atoms with Gasteiger partial charge in [-0.1, -0.05) is 23.9 Å². The first-order chi connectivity index (χ1) is 9.24. The normalized spacial score (nSPS) is 18.6. The predicted octanol–water partition coefficient (Wildman–Crippen LogP) is 2.02. The molecule has 7 heteroatoms. The molecule has 1 N–H and O–H groups in total. The smallest absolute Gasteiger partial charge is 0.319 e. The molecule has 19 heavy (non-hydrogen) atoms. The lowest BCUT2D eigenvalue weighted by Crippen LogP contribution is -2.09. The minimum Gasteiger partial charge on any atom is -0.465 e. The fourth-order valence-corrected chi connectivity index (χ4v) is 2.66. The van der Waals surface area contributed by atoms with Gasteiger partial charge in [0.2, 0.25) is 5.16 Å². The molecule has 3 rings (SSSR count). The van der Waals surface area contributed by atoms with Crippen molar-refractivity contribution in [3.05, 3.63) is 30.1 Å². The minimum atomic E-state index is -0.365. The topological polar surface area (TPSA) is 67.9 Å². The summed E-state index contributed by atoms with van der Waals surface area (Å²) in [5, 5.41) is 6.81. The van der Waals surface area contributed by atoms with E-state index in [-0.39, 0.29) is 17.0 Å². The molecule has 2 aromatic rings. The van der Waals surface area contributed by atoms with E-state index in [2.05, 4.69) is 15.2 Å². The van der Waals surface area contributed by atoms with E-state index in [1.807, 2.05) is 0 Å². The van der Waals surface area contributed by atoms with Crippen molar-refractivity contribution in [3.63, 3.8) is 0 Å². The summed E-state index contributed by atoms with van der Waals surface area (Å²) in [4.78, 5) is 15.5. The SMILES string of the molecule is O=C1OCCC1Sc1n[nH]c(-c2ccccc2F)n1. The molecule has 0 saturated carbocycles. The van der Waals surface area contributed by atoms with E-state index < -0.39 is 0 Å². The van der Waals surface area contributed by atoms with Crippen molar-refractivity contribution in [1.29, 1.82) is 0 Å². The number of thioether (sulfide) groups is 1. The first-order valence-corrected chi connectivity index (χ1v) is 6.62. The zero-order valence-corrected chi connectivity index (χ0v) is 10.6. The number of hydrogen-bond donors (Lipinski definition) is 1. The lowest BCUT2D eigenvalue weighted by Gasteiger charge is -1.99. The van der Waals surface area contributed by atoms with Crippen LogP contribution in [0.15, 0.2) is 29.4 Å². The highest BCUT2D eigenvalue weighted by atomic mass is 32.2. The van der Waals surface area contributed by atoms with Gasteiger partial charge in [0.1, 0.15) is 11.1 Å². The van der Waals surface area contributed by atoms with Crippen LogP contribution in [-0.4, -0.2) is 33.0 Å². The Kier molecular flexibility index (Phi) is 3.20. The van der Waals surface area contributed by atoms with Gasteiger partial charge in [0.15, 0.2) is 5.82 Å². The maximum Gasteiger partial charge on any atom is 0.319 e. The summed E-state index contributed by atoms with van der Waals surface area (Å²) in [6.45, 7) is 0.432. The van der Waals surface area contributed by atoms with Crippen LogP contribution >= 0.6 is 11.8 Å². The average Bonchev–Trinajstić information content (AvgIpc) is 3.01. The Labute approximate surface area is 112 Å². The zero-order valence-electron chi connectivity index (χ0n) is 9.80. The van der Waals surface area contributed by atoms with Gasteiger partial charge in [-0.25, -0.2) is 9.37 Å². The molecular weight excluding hydrogens is 269 g/mol. The molecule has 0 aliphatic carbocycles. The van der Waals surface area contributed by atoms with Crippen molar-refractivity contribution in [2.75, 3.05) is 6.61 Å². The number of aromatic amines is 1. The van der Waals surface area contributed by atoms with Gasteiger partial charge in [-0.05, 0) is 12.1 Å². The van der Waals surface area contributed by atoms with Crippen LogP contribution in [0.2, 0.25) is 0 Å². The van der Waals surface area contributed by atoms with Gasteiger partial charge in [-0.3, -0.25) is 9.89 Å². The molecule has 2 heterocycles. The average molecular weight is 279 g/mol. The molecular formula is C12H10FN3O2S. The minimum absolute atomic E-state index is 0.248. The number of halogens is 1. The highest BCUT2D eigenvalue weighted by molar-refractivity contribution is 8.00. The van der Waals surface area contributed by atoms with Crippen LogP contribution in [0.25, 0.3) is 11.4 Å². The van der Waals surface area contributed by atoms with Gasteiger partial charge < -0.3 is 4.74 Å². The third-order valence-electron chi connectivity index (χ3n) is 2.73. The maximum atomic E-state index is 13.6. The van der Waals surface area contributed by atoms with E-state index in [9.17, 15) is 9.18 Å². The third kappa shape index (κ3) is 2.46. The molecule has 1 aromatic carbocycles. The Morgan fingerprint density at radius 2 is 2.26 bits per heavy atom. The molecule has 5 nitrogen and oxygen atoms in total. The fourth-order valence-electron chi connectivity index (χ4n) is 1.78. The highest BCUT2D eigenvalue weighted by Crippen LogP contribution is 2.28. The quantitative estimate of drug-likeness (QED) is 0.871. The standard InChI is InChI=1S/C12H10FN3O2S/c13-8-4-2-1-3-7(8)10-14-12(16-15-10)19-9-5-6-18-11(9)17/h1-4,9H,5-6H2,(H,14,15,16). The van der Waals surface area contributed by atoms with Crippen molar-refractivity contribution in [3.8, 4) is 11.4 Å². The summed E-state index contributed by atoms with van der Waals surface area (Å²) in [5.74, 6) is -0.260. The Morgan fingerprint density at radius 3 is 3.00 bits per heavy atom. The van der Waals surface area contributed by atoms with E-state index in [4.69, 9.17) is 4.74 Å². The molecule has 1 aliphatic rings. The molecule has 1 atom stereocenters. The van der Waals surface area contributed by atoms with E-state index in [0.29, 0.717) is 29.6 Å². The number of nitrogens with one attached hydrogen (secondary N) is 1. The molecule has 0 spiro atoms. The van der Waals surface area contributed by atoms with Gasteiger partial charge in [0, 0.05) is 6.42 Å². The van der Waals surface area contributed by atoms with Crippen LogP contribution < -0.4 is 0 Å². The largest absolute Gasteiger partial charge is 0.465 e. The second-order valence-electron chi connectivity index (χ2n) is 4.01. The summed E-state index contributed by atoms with van der Waals surface area (Å²) in [6.07, 6.45) is 0.646. The monoisotopic (exact) mass is 279 g/mol. The number of carbonyl (C=O) groups excluding carboxylic acids is 1. The molecule has 1 unspecified atom stereocenters. The van der Waals surface area contributed by atoms with Crippen LogP contribution in [0.3, 0.4) is 0 Å². The number of rotatable bonds is 3. The van der Waals surface area contributed by atoms with Crippen LogP contribution in [0.5, 0.6) is 0 Å². The predicted molar refractivity (Wildman–Crippen MR) is 67.0 cm³/mol. The van der Waals surface area contributed by atoms with Crippen LogP contribution in [-0.2, 0) is 9.53 Å². The second-order valence-corrected chi connectivity index (χ2v) is 5.18. The Morgan fingerprint density at radius 1 is 1.42 bits per heavy atom. The number of ether oxygens (including phenoxy) is 1. The van der Waals surface area contributed by atoms with Crippen molar-refractivity contribution in [2.45, 2.75) is 16.8 Å². The summed E-state index contributed by atoms with van der Waals surface area (Å²) in [6, 6.07) is 6.31. The highest BCUT2D eigenvalue weighted by Gasteiger charge is 2.29. The molecule has 0 amide bonds. The Hall–Kier alpha value is -1.89. The number of H-pyrrole nitrogens is 1. The number of hydrogen-bond acceptors (Lipinski definition) is 5. The van der Waals surface area contributed by atoms with Gasteiger partial charge >= 0.3 is 5.97 Å². The number of carbonyl (C=O) groups is 1. The van der Waals surface area contributed by atoms with E-state index >= 15 is 0 Å². The van der Waals surface area contributed by atoms with E-state index in [1.165, 1.54) is 17.8 Å². The molecule has 1 aromatic heterocycles. The van der Waals surface area contributed by atoms with Crippen LogP contribution in [0, 0.1) is 5.82 Å². The van der Waals surface area contributed by atoms with Gasteiger partial charge in [-0.2, -0.15) is 0 Å². The Balaban J connectivity index is 1.80. The Bertz CT molecular complexity index is 617. The number of cyclic esters (lactones) is 1.